The summed E-state index contributed by atoms with van der Waals surface area (Å²) in [7, 11) is 2.17. The molecular formula is C16H32N2O. The average molecular weight is 268 g/mol. The van der Waals surface area contributed by atoms with E-state index in [-0.39, 0.29) is 12.6 Å². The largest absolute Gasteiger partial charge is 0.395 e. The van der Waals surface area contributed by atoms with Crippen molar-refractivity contribution >= 4 is 0 Å². The van der Waals surface area contributed by atoms with E-state index >= 15 is 0 Å². The summed E-state index contributed by atoms with van der Waals surface area (Å²) in [4.78, 5) is 2.35. The Hall–Kier alpha value is -0.120. The molecule has 19 heavy (non-hydrogen) atoms. The lowest BCUT2D eigenvalue weighted by atomic mass is 9.69. The number of rotatable bonds is 7. The zero-order chi connectivity index (χ0) is 13.9. The Morgan fingerprint density at radius 3 is 2.68 bits per heavy atom. The summed E-state index contributed by atoms with van der Waals surface area (Å²) in [6.07, 6.45) is 8.19. The maximum Gasteiger partial charge on any atom is 0.0584 e. The molecule has 0 saturated heterocycles. The monoisotopic (exact) mass is 268 g/mol. The van der Waals surface area contributed by atoms with Gasteiger partial charge in [0.15, 0.2) is 0 Å². The normalized spacial score (nSPS) is 33.6. The number of hydrogen-bond donors (Lipinski definition) is 2. The van der Waals surface area contributed by atoms with Crippen LogP contribution in [0.15, 0.2) is 0 Å². The second-order valence-electron chi connectivity index (χ2n) is 7.30. The van der Waals surface area contributed by atoms with Crippen molar-refractivity contribution in [3.63, 3.8) is 0 Å². The maximum atomic E-state index is 9.34. The van der Waals surface area contributed by atoms with Crippen LogP contribution in [0, 0.1) is 11.3 Å². The first kappa shape index (κ1) is 15.3. The molecule has 3 heteroatoms. The zero-order valence-corrected chi connectivity index (χ0v) is 13.0. The SMILES string of the molecule is CC1CCCC(CNC2CC2)(CN(C)C(C)CO)C1. The highest BCUT2D eigenvalue weighted by Crippen LogP contribution is 2.40. The van der Waals surface area contributed by atoms with Gasteiger partial charge in [0.25, 0.3) is 0 Å². The van der Waals surface area contributed by atoms with Crippen molar-refractivity contribution in [2.45, 2.75) is 64.5 Å². The lowest BCUT2D eigenvalue weighted by Gasteiger charge is -2.44. The van der Waals surface area contributed by atoms with Gasteiger partial charge in [0.1, 0.15) is 0 Å². The van der Waals surface area contributed by atoms with E-state index in [2.05, 4.69) is 31.1 Å². The highest BCUT2D eigenvalue weighted by Gasteiger charge is 2.37. The fourth-order valence-corrected chi connectivity index (χ4v) is 3.60. The molecule has 3 unspecified atom stereocenters. The fourth-order valence-electron chi connectivity index (χ4n) is 3.60. The quantitative estimate of drug-likeness (QED) is 0.743. The highest BCUT2D eigenvalue weighted by atomic mass is 16.3. The van der Waals surface area contributed by atoms with Gasteiger partial charge in [-0.25, -0.2) is 0 Å². The first-order chi connectivity index (χ1) is 9.04. The average Bonchev–Trinajstić information content (AvgIpc) is 3.19. The van der Waals surface area contributed by atoms with Crippen LogP contribution in [0.4, 0.5) is 0 Å². The Bertz CT molecular complexity index is 280. The molecule has 112 valence electrons. The number of likely N-dealkylation sites (N-methyl/N-ethyl adjacent to an activating group) is 1. The minimum atomic E-state index is 0.262. The molecule has 3 atom stereocenters. The molecular weight excluding hydrogens is 236 g/mol. The zero-order valence-electron chi connectivity index (χ0n) is 13.0. The number of nitrogens with one attached hydrogen (secondary N) is 1. The molecule has 2 saturated carbocycles. The van der Waals surface area contributed by atoms with Crippen molar-refractivity contribution in [3.05, 3.63) is 0 Å². The van der Waals surface area contributed by atoms with E-state index in [0.717, 1.165) is 18.5 Å². The molecule has 0 aromatic rings. The van der Waals surface area contributed by atoms with Gasteiger partial charge in [0.2, 0.25) is 0 Å². The van der Waals surface area contributed by atoms with Crippen LogP contribution in [0.25, 0.3) is 0 Å². The second-order valence-corrected chi connectivity index (χ2v) is 7.30. The molecule has 3 nitrogen and oxygen atoms in total. The van der Waals surface area contributed by atoms with Gasteiger partial charge >= 0.3 is 0 Å². The predicted octanol–water partition coefficient (Wildman–Crippen LogP) is 2.25. The van der Waals surface area contributed by atoms with Gasteiger partial charge in [-0.05, 0) is 51.0 Å². The van der Waals surface area contributed by atoms with E-state index in [9.17, 15) is 5.11 Å². The predicted molar refractivity (Wildman–Crippen MR) is 80.3 cm³/mol. The highest BCUT2D eigenvalue weighted by molar-refractivity contribution is 4.93. The van der Waals surface area contributed by atoms with Crippen molar-refractivity contribution in [2.24, 2.45) is 11.3 Å². The summed E-state index contributed by atoms with van der Waals surface area (Å²) in [6.45, 7) is 7.08. The molecule has 2 rings (SSSR count). The van der Waals surface area contributed by atoms with Crippen LogP contribution in [0.1, 0.15) is 52.4 Å². The summed E-state index contributed by atoms with van der Waals surface area (Å²) in [6, 6.07) is 1.07. The van der Waals surface area contributed by atoms with Crippen LogP contribution < -0.4 is 5.32 Å². The number of aliphatic hydroxyl groups excluding tert-OH is 1. The van der Waals surface area contributed by atoms with E-state index in [4.69, 9.17) is 0 Å². The molecule has 2 N–H and O–H groups in total. The van der Waals surface area contributed by atoms with Gasteiger partial charge in [0.05, 0.1) is 6.61 Å². The van der Waals surface area contributed by atoms with Crippen molar-refractivity contribution < 1.29 is 5.11 Å². The number of hydrogen-bond acceptors (Lipinski definition) is 3. The van der Waals surface area contributed by atoms with Gasteiger partial charge in [-0.3, -0.25) is 0 Å². The lowest BCUT2D eigenvalue weighted by molar-refractivity contribution is 0.0595. The van der Waals surface area contributed by atoms with E-state index in [0.29, 0.717) is 5.41 Å². The van der Waals surface area contributed by atoms with Crippen LogP contribution in [-0.4, -0.2) is 48.8 Å². The molecule has 2 aliphatic carbocycles. The minimum Gasteiger partial charge on any atom is -0.395 e. The van der Waals surface area contributed by atoms with Crippen molar-refractivity contribution in [3.8, 4) is 0 Å². The van der Waals surface area contributed by atoms with E-state index < -0.39 is 0 Å². The van der Waals surface area contributed by atoms with Gasteiger partial charge in [-0.1, -0.05) is 19.8 Å². The van der Waals surface area contributed by atoms with Crippen molar-refractivity contribution in [1.29, 1.82) is 0 Å². The van der Waals surface area contributed by atoms with Crippen LogP contribution >= 0.6 is 0 Å². The summed E-state index contributed by atoms with van der Waals surface area (Å²) < 4.78 is 0. The molecule has 0 radical (unpaired) electrons. The van der Waals surface area contributed by atoms with Gasteiger partial charge in [-0.15, -0.1) is 0 Å². The molecule has 0 heterocycles. The van der Waals surface area contributed by atoms with Crippen LogP contribution in [-0.2, 0) is 0 Å². The Morgan fingerprint density at radius 1 is 1.37 bits per heavy atom. The van der Waals surface area contributed by atoms with Crippen LogP contribution in [0.5, 0.6) is 0 Å². The first-order valence-electron chi connectivity index (χ1n) is 8.09. The van der Waals surface area contributed by atoms with E-state index in [1.807, 2.05) is 0 Å². The topological polar surface area (TPSA) is 35.5 Å². The van der Waals surface area contributed by atoms with E-state index in [1.54, 1.807) is 0 Å². The number of nitrogens with zero attached hydrogens (tertiary/aromatic N) is 1. The summed E-state index contributed by atoms with van der Waals surface area (Å²) in [5.41, 5.74) is 0.429. The number of aliphatic hydroxyl groups is 1. The van der Waals surface area contributed by atoms with Crippen LogP contribution in [0.2, 0.25) is 0 Å². The molecule has 0 aromatic heterocycles. The molecule has 2 aliphatic rings. The third kappa shape index (κ3) is 4.44. The van der Waals surface area contributed by atoms with Gasteiger partial charge < -0.3 is 15.3 Å². The Labute approximate surface area is 118 Å². The lowest BCUT2D eigenvalue weighted by Crippen LogP contribution is -2.48. The van der Waals surface area contributed by atoms with E-state index in [1.165, 1.54) is 45.1 Å². The van der Waals surface area contributed by atoms with Crippen molar-refractivity contribution in [1.82, 2.24) is 10.2 Å². The van der Waals surface area contributed by atoms with Crippen molar-refractivity contribution in [2.75, 3.05) is 26.7 Å². The maximum absolute atomic E-state index is 9.34. The third-order valence-corrected chi connectivity index (χ3v) is 5.13. The molecule has 0 aromatic carbocycles. The first-order valence-corrected chi connectivity index (χ1v) is 8.09. The Morgan fingerprint density at radius 2 is 2.11 bits per heavy atom. The molecule has 0 bridgehead atoms. The standard InChI is InChI=1S/C16H32N2O/c1-13-5-4-8-16(9-13,11-17-15-6-7-15)12-18(3)14(2)10-19/h13-15,17,19H,4-12H2,1-3H3. The molecule has 0 amide bonds. The summed E-state index contributed by atoms with van der Waals surface area (Å²) in [5, 5.41) is 13.1. The Kier molecular flexibility index (Phi) is 5.27. The van der Waals surface area contributed by atoms with Gasteiger partial charge in [-0.2, -0.15) is 0 Å². The molecule has 0 aliphatic heterocycles. The summed E-state index contributed by atoms with van der Waals surface area (Å²) >= 11 is 0. The second kappa shape index (κ2) is 6.55. The molecule has 2 fully saturated rings. The minimum absolute atomic E-state index is 0.262. The Balaban J connectivity index is 1.95. The third-order valence-electron chi connectivity index (χ3n) is 5.13. The van der Waals surface area contributed by atoms with Gasteiger partial charge in [0, 0.05) is 25.2 Å². The van der Waals surface area contributed by atoms with Crippen LogP contribution in [0.3, 0.4) is 0 Å². The fraction of sp³-hybridized carbons (Fsp3) is 1.00. The molecule has 0 spiro atoms. The summed E-state index contributed by atoms with van der Waals surface area (Å²) in [5.74, 6) is 0.854. The smallest absolute Gasteiger partial charge is 0.0584 e.